The highest BCUT2D eigenvalue weighted by Crippen LogP contribution is 2.21. The number of rotatable bonds is 1. The number of aryl methyl sites for hydroxylation is 2. The van der Waals surface area contributed by atoms with E-state index in [1.165, 1.54) is 37.6 Å². The van der Waals surface area contributed by atoms with E-state index in [1.54, 1.807) is 0 Å². The Kier molecular flexibility index (Phi) is 3.42. The fourth-order valence-electron chi connectivity index (χ4n) is 1.42. The van der Waals surface area contributed by atoms with E-state index in [9.17, 15) is 0 Å². The van der Waals surface area contributed by atoms with Gasteiger partial charge < -0.3 is 0 Å². The van der Waals surface area contributed by atoms with Crippen molar-refractivity contribution in [2.75, 3.05) is 0 Å². The minimum absolute atomic E-state index is 0.492. The fourth-order valence-corrected chi connectivity index (χ4v) is 3.41. The zero-order valence-corrected chi connectivity index (χ0v) is 11.6. The van der Waals surface area contributed by atoms with Gasteiger partial charge in [0.2, 0.25) is 0 Å². The largest absolute Gasteiger partial charge is 0.234 e. The van der Waals surface area contributed by atoms with Crippen LogP contribution in [0.15, 0.2) is 17.1 Å². The predicted molar refractivity (Wildman–Crippen MR) is 70.9 cm³/mol. The van der Waals surface area contributed by atoms with Crippen LogP contribution in [-0.4, -0.2) is 4.37 Å². The van der Waals surface area contributed by atoms with Crippen molar-refractivity contribution < 1.29 is 0 Å². The van der Waals surface area contributed by atoms with E-state index >= 15 is 0 Å². The average Bonchev–Trinajstić information content (AvgIpc) is 2.61. The van der Waals surface area contributed by atoms with Crippen molar-refractivity contribution in [3.8, 4) is 0 Å². The van der Waals surface area contributed by atoms with Gasteiger partial charge in [0.05, 0.1) is 5.69 Å². The third-order valence-electron chi connectivity index (χ3n) is 2.55. The molecule has 0 aliphatic rings. The minimum Gasteiger partial charge on any atom is -0.234 e. The molecule has 0 N–H and O–H groups in total. The van der Waals surface area contributed by atoms with Gasteiger partial charge in [-0.1, -0.05) is 11.6 Å². The second kappa shape index (κ2) is 4.65. The molecule has 2 aromatic rings. The van der Waals surface area contributed by atoms with Crippen LogP contribution < -0.4 is 4.67 Å². The zero-order chi connectivity index (χ0) is 11.7. The molecule has 0 unspecified atom stereocenters. The first-order chi connectivity index (χ1) is 7.58. The van der Waals surface area contributed by atoms with Crippen LogP contribution in [-0.2, 0) is 0 Å². The third kappa shape index (κ3) is 2.34. The Morgan fingerprint density at radius 2 is 1.81 bits per heavy atom. The van der Waals surface area contributed by atoms with Crippen LogP contribution in [0.2, 0.25) is 5.15 Å². The molecule has 0 amide bonds. The number of aromatic nitrogens is 1. The highest BCUT2D eigenvalue weighted by molar-refractivity contribution is 7.66. The molecule has 0 saturated heterocycles. The Labute approximate surface area is 107 Å². The van der Waals surface area contributed by atoms with Gasteiger partial charge in [-0.15, -0.1) is 0 Å². The number of benzene rings is 1. The van der Waals surface area contributed by atoms with Gasteiger partial charge in [-0.2, -0.15) is 4.37 Å². The zero-order valence-electron chi connectivity index (χ0n) is 9.24. The number of halogens is 1. The van der Waals surface area contributed by atoms with Crippen molar-refractivity contribution in [3.05, 3.63) is 38.6 Å². The number of hydrogen-bond donors (Lipinski definition) is 0. The quantitative estimate of drug-likeness (QED) is 0.719. The average molecular weight is 271 g/mol. The molecule has 2 rings (SSSR count). The molecule has 0 saturated carbocycles. The monoisotopic (exact) mass is 270 g/mol. The van der Waals surface area contributed by atoms with Crippen LogP contribution in [0.3, 0.4) is 0 Å². The number of hydrogen-bond acceptors (Lipinski definition) is 4. The second-order valence-electron chi connectivity index (χ2n) is 3.66. The van der Waals surface area contributed by atoms with Crippen LogP contribution in [0, 0.1) is 20.8 Å². The molecule has 0 radical (unpaired) electrons. The lowest BCUT2D eigenvalue weighted by Crippen LogP contribution is -1.93. The van der Waals surface area contributed by atoms with Crippen LogP contribution in [0.4, 0.5) is 5.69 Å². The maximum Gasteiger partial charge on any atom is 0.179 e. The summed E-state index contributed by atoms with van der Waals surface area (Å²) in [7, 11) is 2.86. The molecule has 1 aromatic carbocycles. The first-order valence-electron chi connectivity index (χ1n) is 4.82. The minimum atomic E-state index is 0.492. The van der Waals surface area contributed by atoms with Crippen molar-refractivity contribution in [3.63, 3.8) is 0 Å². The Morgan fingerprint density at radius 1 is 1.19 bits per heavy atom. The molecule has 16 heavy (non-hydrogen) atoms. The smallest absolute Gasteiger partial charge is 0.179 e. The maximum atomic E-state index is 5.92. The first-order valence-corrected chi connectivity index (χ1v) is 7.30. The SMILES string of the molecule is Cc1cc(/N=c2\ssnc2Cl)cc(C)c1C. The first kappa shape index (κ1) is 11.8. The molecular formula is C11H11ClN2S2. The molecule has 1 heterocycles. The van der Waals surface area contributed by atoms with Crippen LogP contribution in [0.1, 0.15) is 16.7 Å². The molecule has 0 fully saturated rings. The number of nitrogens with zero attached hydrogens (tertiary/aromatic N) is 2. The van der Waals surface area contributed by atoms with Gasteiger partial charge in [0, 0.05) is 10.5 Å². The summed E-state index contributed by atoms with van der Waals surface area (Å²) in [5, 5.41) is 0.492. The van der Waals surface area contributed by atoms with E-state index in [0.717, 1.165) is 10.4 Å². The van der Waals surface area contributed by atoms with Crippen molar-refractivity contribution in [1.29, 1.82) is 0 Å². The summed E-state index contributed by atoms with van der Waals surface area (Å²) in [6, 6.07) is 4.14. The van der Waals surface area contributed by atoms with E-state index < -0.39 is 0 Å². The third-order valence-corrected chi connectivity index (χ3v) is 4.72. The molecule has 0 bridgehead atoms. The van der Waals surface area contributed by atoms with Crippen molar-refractivity contribution in [2.45, 2.75) is 20.8 Å². The van der Waals surface area contributed by atoms with E-state index in [2.05, 4.69) is 42.3 Å². The molecule has 2 nitrogen and oxygen atoms in total. The summed E-state index contributed by atoms with van der Waals surface area (Å²) in [5.74, 6) is 0. The van der Waals surface area contributed by atoms with Crippen LogP contribution >= 0.6 is 32.5 Å². The summed E-state index contributed by atoms with van der Waals surface area (Å²) in [4.78, 5) is 4.50. The Morgan fingerprint density at radius 3 is 2.31 bits per heavy atom. The van der Waals surface area contributed by atoms with Crippen molar-refractivity contribution in [1.82, 2.24) is 4.37 Å². The Bertz CT molecular complexity index is 561. The Hall–Kier alpha value is -0.710. The highest BCUT2D eigenvalue weighted by Gasteiger charge is 2.01. The summed E-state index contributed by atoms with van der Waals surface area (Å²) >= 11 is 5.92. The molecule has 5 heteroatoms. The van der Waals surface area contributed by atoms with Gasteiger partial charge in [0.25, 0.3) is 0 Å². The lowest BCUT2D eigenvalue weighted by molar-refractivity contribution is 1.24. The van der Waals surface area contributed by atoms with E-state index in [-0.39, 0.29) is 0 Å². The van der Waals surface area contributed by atoms with Gasteiger partial charge in [-0.25, -0.2) is 4.99 Å². The van der Waals surface area contributed by atoms with Crippen molar-refractivity contribution in [2.24, 2.45) is 4.99 Å². The lowest BCUT2D eigenvalue weighted by atomic mass is 10.0. The molecule has 0 atom stereocenters. The summed E-state index contributed by atoms with van der Waals surface area (Å²) in [6.45, 7) is 6.31. The van der Waals surface area contributed by atoms with E-state index in [4.69, 9.17) is 11.6 Å². The molecule has 1 aromatic heterocycles. The van der Waals surface area contributed by atoms with Gasteiger partial charge in [-0.05, 0) is 59.9 Å². The van der Waals surface area contributed by atoms with Gasteiger partial charge in [-0.3, -0.25) is 0 Å². The molecular weight excluding hydrogens is 260 g/mol. The molecule has 0 spiro atoms. The maximum absolute atomic E-state index is 5.92. The topological polar surface area (TPSA) is 25.2 Å². The van der Waals surface area contributed by atoms with E-state index in [0.29, 0.717) is 5.15 Å². The summed E-state index contributed by atoms with van der Waals surface area (Å²) in [5.41, 5.74) is 4.77. The molecule has 0 aliphatic carbocycles. The summed E-state index contributed by atoms with van der Waals surface area (Å²) < 4.78 is 4.79. The highest BCUT2D eigenvalue weighted by atomic mass is 35.5. The second-order valence-corrected chi connectivity index (χ2v) is 5.85. The van der Waals surface area contributed by atoms with Crippen molar-refractivity contribution >= 4 is 38.2 Å². The lowest BCUT2D eigenvalue weighted by Gasteiger charge is -2.05. The van der Waals surface area contributed by atoms with E-state index in [1.807, 2.05) is 0 Å². The van der Waals surface area contributed by atoms with Crippen LogP contribution in [0.25, 0.3) is 0 Å². The van der Waals surface area contributed by atoms with Gasteiger partial charge >= 0.3 is 0 Å². The predicted octanol–water partition coefficient (Wildman–Crippen LogP) is 4.02. The summed E-state index contributed by atoms with van der Waals surface area (Å²) in [6.07, 6.45) is 0. The van der Waals surface area contributed by atoms with Crippen LogP contribution in [0.5, 0.6) is 0 Å². The molecule has 0 aliphatic heterocycles. The Balaban J connectivity index is 2.56. The van der Waals surface area contributed by atoms with Gasteiger partial charge in [0.1, 0.15) is 0 Å². The van der Waals surface area contributed by atoms with Gasteiger partial charge in [0.15, 0.2) is 9.82 Å². The standard InChI is InChI=1S/C11H11ClN2S2/c1-6-4-9(5-7(2)8(6)3)13-11-10(12)14-16-15-11/h4-5H,1-3H3/b13-11-. The normalized spacial score (nSPS) is 12.1. The molecule has 84 valence electrons. The fraction of sp³-hybridized carbons (Fsp3) is 0.273.